The van der Waals surface area contributed by atoms with Crippen LogP contribution in [0.3, 0.4) is 0 Å². The minimum absolute atomic E-state index is 0.109. The van der Waals surface area contributed by atoms with Gasteiger partial charge in [0.15, 0.2) is 0 Å². The van der Waals surface area contributed by atoms with Crippen molar-refractivity contribution < 1.29 is 0 Å². The second-order valence-corrected chi connectivity index (χ2v) is 10.6. The molecular weight excluding hydrogens is 318 g/mol. The normalized spacial score (nSPS) is 12.3. The molecule has 0 aliphatic carbocycles. The molecule has 0 unspecified atom stereocenters. The summed E-state index contributed by atoms with van der Waals surface area (Å²) in [6, 6.07) is 1.52. The summed E-state index contributed by atoms with van der Waals surface area (Å²) in [5.41, 5.74) is 0. The van der Waals surface area contributed by atoms with Crippen molar-refractivity contribution in [2.75, 3.05) is 14.1 Å². The predicted octanol–water partition coefficient (Wildman–Crippen LogP) is 7.26. The first-order valence-electron chi connectivity index (χ1n) is 11.5. The Balaban J connectivity index is 2.98. The topological polar surface area (TPSA) is 3.24 Å². The van der Waals surface area contributed by atoms with Gasteiger partial charge in [-0.2, -0.15) is 0 Å². The zero-order chi connectivity index (χ0) is 18.4. The lowest BCUT2D eigenvalue weighted by molar-refractivity contribution is 0.529. The van der Waals surface area contributed by atoms with Gasteiger partial charge in [-0.1, -0.05) is 108 Å². The van der Waals surface area contributed by atoms with Crippen LogP contribution in [0.25, 0.3) is 0 Å². The third kappa shape index (κ3) is 23.9. The lowest BCUT2D eigenvalue weighted by Gasteiger charge is -2.07. The minimum Gasteiger partial charge on any atom is -0.334 e. The molecule has 0 aromatic rings. The molecule has 0 saturated carbocycles. The van der Waals surface area contributed by atoms with E-state index >= 15 is 0 Å². The van der Waals surface area contributed by atoms with Crippen LogP contribution in [0.1, 0.15) is 116 Å². The summed E-state index contributed by atoms with van der Waals surface area (Å²) in [4.78, 5) is 0. The molecule has 150 valence electrons. The van der Waals surface area contributed by atoms with Crippen molar-refractivity contribution in [2.24, 2.45) is 0 Å². The number of unbranched alkanes of at least 4 members (excludes halogenated alkanes) is 16. The van der Waals surface area contributed by atoms with Crippen molar-refractivity contribution in [2.45, 2.75) is 122 Å². The Morgan fingerprint density at radius 3 is 1.28 bits per heavy atom. The molecule has 0 saturated heterocycles. The Bertz CT molecular complexity index is 263. The summed E-state index contributed by atoms with van der Waals surface area (Å²) in [6.45, 7) is 2.12. The molecule has 0 heterocycles. The average Bonchev–Trinajstić information content (AvgIpc) is 2.60. The van der Waals surface area contributed by atoms with Crippen LogP contribution in [-0.4, -0.2) is 28.3 Å². The molecule has 0 aromatic heterocycles. The summed E-state index contributed by atoms with van der Waals surface area (Å²) in [7, 11) is 4.58. The van der Waals surface area contributed by atoms with Gasteiger partial charge in [-0.25, -0.2) is 0 Å². The van der Waals surface area contributed by atoms with Crippen LogP contribution in [0.4, 0.5) is 0 Å². The maximum absolute atomic E-state index is 2.44. The molecule has 0 aromatic carbocycles. The van der Waals surface area contributed by atoms with Gasteiger partial charge in [0, 0.05) is 0 Å². The first-order valence-corrected chi connectivity index (χ1v) is 13.2. The van der Waals surface area contributed by atoms with E-state index < -0.39 is 0 Å². The van der Waals surface area contributed by atoms with E-state index in [1.54, 1.807) is 0 Å². The number of allylic oxidation sites excluding steroid dienone is 2. The molecular formula is C23H49NSi. The fraction of sp³-hybridized carbons (Fsp3) is 0.913. The molecule has 0 aliphatic heterocycles. The Labute approximate surface area is 162 Å². The van der Waals surface area contributed by atoms with Crippen LogP contribution in [0.15, 0.2) is 12.2 Å². The molecule has 2 heteroatoms. The summed E-state index contributed by atoms with van der Waals surface area (Å²) >= 11 is 0. The van der Waals surface area contributed by atoms with Crippen molar-refractivity contribution >= 4 is 9.68 Å². The van der Waals surface area contributed by atoms with Gasteiger partial charge in [-0.3, -0.25) is 0 Å². The summed E-state index contributed by atoms with van der Waals surface area (Å²) in [5, 5.41) is 0. The maximum atomic E-state index is 2.44. The smallest absolute Gasteiger partial charge is 0.0943 e. The third-order valence-corrected chi connectivity index (χ3v) is 6.92. The van der Waals surface area contributed by atoms with Crippen LogP contribution < -0.4 is 0 Å². The van der Waals surface area contributed by atoms with E-state index in [1.807, 2.05) is 0 Å². The van der Waals surface area contributed by atoms with Crippen molar-refractivity contribution in [1.82, 2.24) is 4.57 Å². The lowest BCUT2D eigenvalue weighted by Crippen LogP contribution is -2.16. The maximum Gasteiger partial charge on any atom is 0.0943 e. The molecule has 0 radical (unpaired) electrons. The highest BCUT2D eigenvalue weighted by atomic mass is 28.2. The molecule has 0 bridgehead atoms. The monoisotopic (exact) mass is 367 g/mol. The van der Waals surface area contributed by atoms with E-state index in [4.69, 9.17) is 0 Å². The highest BCUT2D eigenvalue weighted by Gasteiger charge is 1.95. The zero-order valence-electron chi connectivity index (χ0n) is 18.0. The van der Waals surface area contributed by atoms with Gasteiger partial charge in [0.2, 0.25) is 0 Å². The Morgan fingerprint density at radius 2 is 0.920 bits per heavy atom. The zero-order valence-corrected chi connectivity index (χ0v) is 19.5. The van der Waals surface area contributed by atoms with Crippen molar-refractivity contribution in [3.8, 4) is 0 Å². The molecule has 25 heavy (non-hydrogen) atoms. The average molecular weight is 368 g/mol. The summed E-state index contributed by atoms with van der Waals surface area (Å²) in [6.07, 6.45) is 29.3. The van der Waals surface area contributed by atoms with Gasteiger partial charge >= 0.3 is 0 Å². The minimum atomic E-state index is 0.109. The van der Waals surface area contributed by atoms with Crippen molar-refractivity contribution in [1.29, 1.82) is 0 Å². The fourth-order valence-electron chi connectivity index (χ4n) is 3.51. The molecule has 0 spiro atoms. The predicted molar refractivity (Wildman–Crippen MR) is 120 cm³/mol. The second-order valence-electron chi connectivity index (χ2n) is 8.17. The van der Waals surface area contributed by atoms with E-state index in [0.29, 0.717) is 0 Å². The van der Waals surface area contributed by atoms with Crippen molar-refractivity contribution in [3.05, 3.63) is 12.2 Å². The van der Waals surface area contributed by atoms with Gasteiger partial charge in [0.05, 0.1) is 9.68 Å². The molecule has 1 nitrogen and oxygen atoms in total. The highest BCUT2D eigenvalue weighted by Crippen LogP contribution is 2.14. The van der Waals surface area contributed by atoms with Gasteiger partial charge in [0.1, 0.15) is 0 Å². The summed E-state index contributed by atoms with van der Waals surface area (Å²) < 4.78 is 2.44. The molecule has 0 amide bonds. The van der Waals surface area contributed by atoms with Gasteiger partial charge in [0.25, 0.3) is 0 Å². The van der Waals surface area contributed by atoms with Gasteiger partial charge in [-0.05, 0) is 39.9 Å². The van der Waals surface area contributed by atoms with E-state index in [-0.39, 0.29) is 9.68 Å². The number of hydrogen-bond donors (Lipinski definition) is 0. The number of nitrogens with zero attached hydrogens (tertiary/aromatic N) is 1. The Kier molecular flexibility index (Phi) is 21.9. The quantitative estimate of drug-likeness (QED) is 0.124. The number of rotatable bonds is 20. The van der Waals surface area contributed by atoms with Crippen LogP contribution in [0.2, 0.25) is 6.04 Å². The molecule has 0 fully saturated rings. The van der Waals surface area contributed by atoms with E-state index in [1.165, 1.54) is 115 Å². The largest absolute Gasteiger partial charge is 0.334 e. The Morgan fingerprint density at radius 1 is 0.560 bits per heavy atom. The van der Waals surface area contributed by atoms with E-state index in [9.17, 15) is 0 Å². The van der Waals surface area contributed by atoms with Crippen LogP contribution in [0.5, 0.6) is 0 Å². The first-order chi connectivity index (χ1) is 12.3. The fourth-order valence-corrected chi connectivity index (χ4v) is 4.72. The first kappa shape index (κ1) is 24.9. The van der Waals surface area contributed by atoms with Crippen LogP contribution in [-0.2, 0) is 0 Å². The van der Waals surface area contributed by atoms with Crippen LogP contribution >= 0.6 is 0 Å². The van der Waals surface area contributed by atoms with Gasteiger partial charge in [-0.15, -0.1) is 0 Å². The Hall–Kier alpha value is -0.0831. The molecule has 0 aliphatic rings. The van der Waals surface area contributed by atoms with Crippen molar-refractivity contribution in [3.63, 3.8) is 0 Å². The molecule has 0 atom stereocenters. The van der Waals surface area contributed by atoms with Gasteiger partial charge < -0.3 is 4.57 Å². The highest BCUT2D eigenvalue weighted by molar-refractivity contribution is 6.31. The number of hydrogen-bond acceptors (Lipinski definition) is 1. The molecule has 0 N–H and O–H groups in total. The van der Waals surface area contributed by atoms with Crippen LogP contribution in [0, 0.1) is 0 Å². The lowest BCUT2D eigenvalue weighted by atomic mass is 10.0. The summed E-state index contributed by atoms with van der Waals surface area (Å²) in [5.74, 6) is 0. The standard InChI is InChI=1S/C23H49NSi/c1-4-5-6-7-8-9-10-11-12-13-14-15-16-17-18-19-20-21-22-23-25-24(2)3/h4-5H,6-23,25H2,1-3H3. The van der Waals surface area contributed by atoms with E-state index in [0.717, 1.165) is 0 Å². The third-order valence-electron chi connectivity index (χ3n) is 5.21. The molecule has 0 rings (SSSR count). The second kappa shape index (κ2) is 22.0. The van der Waals surface area contributed by atoms with E-state index in [2.05, 4.69) is 37.7 Å². The SMILES string of the molecule is CC=CCCCCCCCCCCCCCCCCCC[SiH2]N(C)C.